The third-order valence-corrected chi connectivity index (χ3v) is 3.14. The number of rotatable bonds is 3. The van der Waals surface area contributed by atoms with E-state index in [0.717, 1.165) is 25.1 Å². The highest BCUT2D eigenvalue weighted by Crippen LogP contribution is 2.11. The van der Waals surface area contributed by atoms with Crippen LogP contribution in [0.1, 0.15) is 17.5 Å². The van der Waals surface area contributed by atoms with E-state index in [4.69, 9.17) is 5.26 Å². The Balaban J connectivity index is 1.93. The van der Waals surface area contributed by atoms with Gasteiger partial charge in [-0.2, -0.15) is 5.26 Å². The van der Waals surface area contributed by atoms with Crippen LogP contribution < -0.4 is 5.32 Å². The Morgan fingerprint density at radius 3 is 3.06 bits per heavy atom. The minimum absolute atomic E-state index is 0.118. The van der Waals surface area contributed by atoms with Crippen molar-refractivity contribution in [1.29, 1.82) is 5.26 Å². The van der Waals surface area contributed by atoms with Gasteiger partial charge in [0.15, 0.2) is 0 Å². The molecular formula is C13H16FN3. The van der Waals surface area contributed by atoms with Crippen LogP contribution in [0.4, 0.5) is 4.39 Å². The van der Waals surface area contributed by atoms with Crippen molar-refractivity contribution in [3.8, 4) is 6.07 Å². The lowest BCUT2D eigenvalue weighted by molar-refractivity contribution is 0.397. The van der Waals surface area contributed by atoms with Crippen molar-refractivity contribution in [1.82, 2.24) is 10.2 Å². The van der Waals surface area contributed by atoms with E-state index in [1.807, 2.05) is 6.07 Å². The molecule has 0 saturated carbocycles. The Morgan fingerprint density at radius 2 is 2.41 bits per heavy atom. The van der Waals surface area contributed by atoms with Crippen molar-refractivity contribution >= 4 is 0 Å². The number of likely N-dealkylation sites (tertiary alicyclic amines) is 1. The number of halogens is 1. The molecule has 2 rings (SSSR count). The second kappa shape index (κ2) is 5.26. The smallest absolute Gasteiger partial charge is 0.140 e. The molecule has 90 valence electrons. The number of nitrogens with one attached hydrogen (secondary N) is 1. The number of likely N-dealkylation sites (N-methyl/N-ethyl adjacent to an activating group) is 1. The van der Waals surface area contributed by atoms with E-state index < -0.39 is 5.82 Å². The summed E-state index contributed by atoms with van der Waals surface area (Å²) < 4.78 is 13.1. The Morgan fingerprint density at radius 1 is 1.59 bits per heavy atom. The van der Waals surface area contributed by atoms with E-state index in [2.05, 4.69) is 17.3 Å². The molecule has 1 fully saturated rings. The maximum atomic E-state index is 13.1. The summed E-state index contributed by atoms with van der Waals surface area (Å²) in [4.78, 5) is 2.28. The summed E-state index contributed by atoms with van der Waals surface area (Å²) in [5.74, 6) is -0.447. The highest BCUT2D eigenvalue weighted by Gasteiger charge is 2.18. The molecule has 4 heteroatoms. The summed E-state index contributed by atoms with van der Waals surface area (Å²) in [7, 11) is 2.10. The standard InChI is InChI=1S/C13H16FN3/c1-17-5-4-12(9-17)16-8-10-2-3-13(14)11(6-10)7-15/h2-3,6,12,16H,4-5,8-9H2,1H3. The number of nitrogens with zero attached hydrogens (tertiary/aromatic N) is 2. The highest BCUT2D eigenvalue weighted by molar-refractivity contribution is 5.34. The van der Waals surface area contributed by atoms with Crippen LogP contribution in [0.5, 0.6) is 0 Å². The van der Waals surface area contributed by atoms with Gasteiger partial charge in [-0.05, 0) is 37.7 Å². The van der Waals surface area contributed by atoms with Gasteiger partial charge >= 0.3 is 0 Å². The SMILES string of the molecule is CN1CCC(NCc2ccc(F)c(C#N)c2)C1. The van der Waals surface area contributed by atoms with E-state index in [-0.39, 0.29) is 5.56 Å². The first-order valence-electron chi connectivity index (χ1n) is 5.79. The molecule has 1 aliphatic heterocycles. The quantitative estimate of drug-likeness (QED) is 0.859. The van der Waals surface area contributed by atoms with E-state index in [9.17, 15) is 4.39 Å². The molecular weight excluding hydrogens is 217 g/mol. The third kappa shape index (κ3) is 3.02. The fourth-order valence-electron chi connectivity index (χ4n) is 2.13. The molecule has 3 nitrogen and oxygen atoms in total. The van der Waals surface area contributed by atoms with Crippen LogP contribution in [-0.4, -0.2) is 31.1 Å². The molecule has 0 spiro atoms. The zero-order valence-electron chi connectivity index (χ0n) is 9.91. The predicted molar refractivity (Wildman–Crippen MR) is 63.9 cm³/mol. The van der Waals surface area contributed by atoms with Crippen LogP contribution >= 0.6 is 0 Å². The fraction of sp³-hybridized carbons (Fsp3) is 0.462. The molecule has 1 aromatic rings. The van der Waals surface area contributed by atoms with Gasteiger partial charge in [-0.15, -0.1) is 0 Å². The van der Waals surface area contributed by atoms with Crippen molar-refractivity contribution < 1.29 is 4.39 Å². The Bertz CT molecular complexity index is 439. The number of hydrogen-bond acceptors (Lipinski definition) is 3. The van der Waals surface area contributed by atoms with Gasteiger partial charge in [0.1, 0.15) is 11.9 Å². The topological polar surface area (TPSA) is 39.1 Å². The molecule has 1 saturated heterocycles. The zero-order valence-corrected chi connectivity index (χ0v) is 9.91. The van der Waals surface area contributed by atoms with Crippen molar-refractivity contribution in [2.75, 3.05) is 20.1 Å². The maximum absolute atomic E-state index is 13.1. The van der Waals surface area contributed by atoms with Gasteiger partial charge in [0.2, 0.25) is 0 Å². The van der Waals surface area contributed by atoms with Gasteiger partial charge < -0.3 is 10.2 Å². The van der Waals surface area contributed by atoms with E-state index in [0.29, 0.717) is 12.6 Å². The molecule has 1 heterocycles. The van der Waals surface area contributed by atoms with Gasteiger partial charge in [0.05, 0.1) is 5.56 Å². The predicted octanol–water partition coefficient (Wildman–Crippen LogP) is 1.49. The molecule has 1 aromatic carbocycles. The van der Waals surface area contributed by atoms with Crippen LogP contribution in [0.25, 0.3) is 0 Å². The lowest BCUT2D eigenvalue weighted by Crippen LogP contribution is -2.30. The Kier molecular flexibility index (Phi) is 3.72. The van der Waals surface area contributed by atoms with Gasteiger partial charge in [-0.1, -0.05) is 6.07 Å². The second-order valence-corrected chi connectivity index (χ2v) is 4.55. The average Bonchev–Trinajstić information content (AvgIpc) is 2.74. The summed E-state index contributed by atoms with van der Waals surface area (Å²) in [6.45, 7) is 2.85. The molecule has 1 N–H and O–H groups in total. The van der Waals surface area contributed by atoms with E-state index in [1.54, 1.807) is 12.1 Å². The largest absolute Gasteiger partial charge is 0.309 e. The summed E-state index contributed by atoms with van der Waals surface area (Å²) in [5.41, 5.74) is 1.07. The van der Waals surface area contributed by atoms with Gasteiger partial charge in [-0.3, -0.25) is 0 Å². The van der Waals surface area contributed by atoms with E-state index >= 15 is 0 Å². The lowest BCUT2D eigenvalue weighted by atomic mass is 10.1. The van der Waals surface area contributed by atoms with E-state index in [1.165, 1.54) is 6.07 Å². The van der Waals surface area contributed by atoms with Crippen molar-refractivity contribution in [3.05, 3.63) is 35.1 Å². The molecule has 0 radical (unpaired) electrons. The first kappa shape index (κ1) is 12.0. The van der Waals surface area contributed by atoms with Crippen LogP contribution in [0.3, 0.4) is 0 Å². The maximum Gasteiger partial charge on any atom is 0.140 e. The normalized spacial score (nSPS) is 20.4. The van der Waals surface area contributed by atoms with Crippen LogP contribution in [-0.2, 0) is 6.54 Å². The molecule has 0 aliphatic carbocycles. The number of benzene rings is 1. The van der Waals surface area contributed by atoms with Crippen LogP contribution in [0.15, 0.2) is 18.2 Å². The van der Waals surface area contributed by atoms with Crippen molar-refractivity contribution in [2.45, 2.75) is 19.0 Å². The van der Waals surface area contributed by atoms with Gasteiger partial charge in [0.25, 0.3) is 0 Å². The second-order valence-electron chi connectivity index (χ2n) is 4.55. The monoisotopic (exact) mass is 233 g/mol. The molecule has 1 unspecified atom stereocenters. The molecule has 17 heavy (non-hydrogen) atoms. The number of hydrogen-bond donors (Lipinski definition) is 1. The minimum Gasteiger partial charge on any atom is -0.309 e. The van der Waals surface area contributed by atoms with Crippen LogP contribution in [0.2, 0.25) is 0 Å². The summed E-state index contributed by atoms with van der Waals surface area (Å²) in [6, 6.07) is 7.05. The summed E-state index contributed by atoms with van der Waals surface area (Å²) in [6.07, 6.45) is 1.14. The van der Waals surface area contributed by atoms with Gasteiger partial charge in [0, 0.05) is 19.1 Å². The molecule has 0 bridgehead atoms. The third-order valence-electron chi connectivity index (χ3n) is 3.14. The molecule has 0 aromatic heterocycles. The zero-order chi connectivity index (χ0) is 12.3. The number of nitriles is 1. The molecule has 1 aliphatic rings. The first-order valence-corrected chi connectivity index (χ1v) is 5.79. The summed E-state index contributed by atoms with van der Waals surface area (Å²) in [5, 5.41) is 12.2. The minimum atomic E-state index is -0.447. The van der Waals surface area contributed by atoms with Gasteiger partial charge in [-0.25, -0.2) is 4.39 Å². The molecule has 1 atom stereocenters. The Labute approximate surface area is 101 Å². The molecule has 0 amide bonds. The van der Waals surface area contributed by atoms with Crippen molar-refractivity contribution in [2.24, 2.45) is 0 Å². The summed E-state index contributed by atoms with van der Waals surface area (Å²) >= 11 is 0. The fourth-order valence-corrected chi connectivity index (χ4v) is 2.13. The average molecular weight is 233 g/mol. The highest BCUT2D eigenvalue weighted by atomic mass is 19.1. The first-order chi connectivity index (χ1) is 8.19. The van der Waals surface area contributed by atoms with Crippen LogP contribution in [0, 0.1) is 17.1 Å². The van der Waals surface area contributed by atoms with Crippen molar-refractivity contribution in [3.63, 3.8) is 0 Å². The Hall–Kier alpha value is -1.44. The lowest BCUT2D eigenvalue weighted by Gasteiger charge is -2.12.